The van der Waals surface area contributed by atoms with Crippen molar-refractivity contribution in [3.8, 4) is 5.69 Å². The van der Waals surface area contributed by atoms with Crippen molar-refractivity contribution in [2.75, 3.05) is 10.2 Å². The van der Waals surface area contributed by atoms with Gasteiger partial charge in [0.05, 0.1) is 17.1 Å². The van der Waals surface area contributed by atoms with Crippen molar-refractivity contribution in [1.82, 2.24) is 25.2 Å². The van der Waals surface area contributed by atoms with Crippen LogP contribution in [0.3, 0.4) is 0 Å². The van der Waals surface area contributed by atoms with Gasteiger partial charge in [-0.05, 0) is 70.3 Å². The summed E-state index contributed by atoms with van der Waals surface area (Å²) < 4.78 is 1.70. The minimum absolute atomic E-state index is 0.239. The first-order valence-corrected chi connectivity index (χ1v) is 11.6. The molecule has 0 saturated carbocycles. The molecule has 5 aromatic rings. The van der Waals surface area contributed by atoms with Crippen LogP contribution >= 0.6 is 0 Å². The number of aryl methyl sites for hydroxylation is 2. The number of amides is 2. The molecule has 0 bridgehead atoms. The van der Waals surface area contributed by atoms with Crippen LogP contribution < -0.4 is 10.2 Å². The summed E-state index contributed by atoms with van der Waals surface area (Å²) in [4.78, 5) is 31.3. The van der Waals surface area contributed by atoms with E-state index in [1.807, 2.05) is 72.8 Å². The van der Waals surface area contributed by atoms with E-state index in [4.69, 9.17) is 0 Å². The van der Waals surface area contributed by atoms with Gasteiger partial charge in [-0.1, -0.05) is 30.3 Å². The van der Waals surface area contributed by atoms with E-state index in [2.05, 4.69) is 25.8 Å². The first kappa shape index (κ1) is 21.6. The van der Waals surface area contributed by atoms with Gasteiger partial charge in [0.1, 0.15) is 6.42 Å². The second kappa shape index (κ2) is 9.03. The van der Waals surface area contributed by atoms with Crippen LogP contribution in [0.1, 0.15) is 17.8 Å². The number of pyridine rings is 1. The number of fused-ring (bicyclic) bond motifs is 3. The van der Waals surface area contributed by atoms with E-state index in [0.29, 0.717) is 23.5 Å². The van der Waals surface area contributed by atoms with Crippen LogP contribution in [0.25, 0.3) is 16.5 Å². The maximum absolute atomic E-state index is 13.1. The number of benzene rings is 3. The van der Waals surface area contributed by atoms with Gasteiger partial charge in [0.2, 0.25) is 11.8 Å². The lowest BCUT2D eigenvalue weighted by molar-refractivity contribution is -0.124. The number of nitrogens with one attached hydrogen (secondary N) is 1. The molecular formula is C27H21N7O2. The van der Waals surface area contributed by atoms with Crippen molar-refractivity contribution in [2.24, 2.45) is 0 Å². The number of hydrogen-bond donors (Lipinski definition) is 1. The smallest absolute Gasteiger partial charge is 0.241 e. The predicted octanol–water partition coefficient (Wildman–Crippen LogP) is 4.00. The fraction of sp³-hybridized carbons (Fsp3) is 0.111. The Kier molecular flexibility index (Phi) is 5.42. The zero-order valence-electron chi connectivity index (χ0n) is 19.2. The Morgan fingerprint density at radius 3 is 2.44 bits per heavy atom. The Labute approximate surface area is 206 Å². The monoisotopic (exact) mass is 475 g/mol. The minimum Gasteiger partial charge on any atom is -0.323 e. The molecule has 3 heterocycles. The molecule has 0 radical (unpaired) electrons. The van der Waals surface area contributed by atoms with E-state index >= 15 is 0 Å². The number of nitrogens with zero attached hydrogens (tertiary/aromatic N) is 6. The van der Waals surface area contributed by atoms with Crippen molar-refractivity contribution in [2.45, 2.75) is 19.3 Å². The lowest BCUT2D eigenvalue weighted by Crippen LogP contribution is -2.26. The molecule has 0 fully saturated rings. The second-order valence-electron chi connectivity index (χ2n) is 8.51. The topological polar surface area (TPSA) is 106 Å². The standard InChI is InChI=1S/C27H21N7O2/c35-25-17-26(36)33(23-11-6-19-3-1-2-4-22(19)27(23)29-25)20-7-9-21(10-8-20)34-24(30-31-32-34)12-5-18-13-15-28-16-14-18/h1-4,6-11,13-16H,5,12,17H2,(H,29,35). The number of rotatable bonds is 5. The van der Waals surface area contributed by atoms with Gasteiger partial charge in [-0.2, -0.15) is 4.68 Å². The Hall–Kier alpha value is -4.92. The van der Waals surface area contributed by atoms with E-state index in [-0.39, 0.29) is 18.2 Å². The molecule has 36 heavy (non-hydrogen) atoms. The molecule has 0 unspecified atom stereocenters. The summed E-state index contributed by atoms with van der Waals surface area (Å²) >= 11 is 0. The van der Waals surface area contributed by atoms with Crippen LogP contribution in [0.5, 0.6) is 0 Å². The SMILES string of the molecule is O=C1CC(=O)N(c2ccc(-n3nnnc3CCc3ccncc3)cc2)c2ccc3ccccc3c2N1. The third-order valence-corrected chi connectivity index (χ3v) is 6.25. The number of anilines is 3. The summed E-state index contributed by atoms with van der Waals surface area (Å²) in [5.74, 6) is 0.107. The number of hydrogen-bond acceptors (Lipinski definition) is 6. The fourth-order valence-corrected chi connectivity index (χ4v) is 4.51. The Bertz CT molecular complexity index is 1580. The van der Waals surface area contributed by atoms with Crippen molar-refractivity contribution < 1.29 is 9.59 Å². The van der Waals surface area contributed by atoms with Gasteiger partial charge in [0, 0.05) is 29.9 Å². The van der Waals surface area contributed by atoms with Gasteiger partial charge < -0.3 is 5.32 Å². The highest BCUT2D eigenvalue weighted by atomic mass is 16.2. The molecule has 0 saturated heterocycles. The number of aromatic nitrogens is 5. The maximum Gasteiger partial charge on any atom is 0.241 e. The van der Waals surface area contributed by atoms with Crippen LogP contribution in [0.4, 0.5) is 17.1 Å². The first-order valence-electron chi connectivity index (χ1n) is 11.6. The van der Waals surface area contributed by atoms with Crippen LogP contribution in [0.2, 0.25) is 0 Å². The molecule has 176 valence electrons. The summed E-state index contributed by atoms with van der Waals surface area (Å²) in [6.07, 6.45) is 4.75. The van der Waals surface area contributed by atoms with E-state index in [1.54, 1.807) is 22.0 Å². The van der Waals surface area contributed by atoms with Crippen molar-refractivity contribution in [1.29, 1.82) is 0 Å². The van der Waals surface area contributed by atoms with Crippen molar-refractivity contribution in [3.05, 3.63) is 96.6 Å². The quantitative estimate of drug-likeness (QED) is 0.385. The fourth-order valence-electron chi connectivity index (χ4n) is 4.51. The van der Waals surface area contributed by atoms with Crippen molar-refractivity contribution in [3.63, 3.8) is 0 Å². The Balaban J connectivity index is 1.33. The van der Waals surface area contributed by atoms with Gasteiger partial charge in [0.25, 0.3) is 0 Å². The molecule has 1 aliphatic heterocycles. The Morgan fingerprint density at radius 1 is 0.833 bits per heavy atom. The minimum atomic E-state index is -0.329. The zero-order chi connectivity index (χ0) is 24.5. The second-order valence-corrected chi connectivity index (χ2v) is 8.51. The van der Waals surface area contributed by atoms with Gasteiger partial charge in [-0.25, -0.2) is 0 Å². The van der Waals surface area contributed by atoms with Crippen LogP contribution in [-0.2, 0) is 22.4 Å². The third-order valence-electron chi connectivity index (χ3n) is 6.25. The summed E-state index contributed by atoms with van der Waals surface area (Å²) in [5, 5.41) is 17.0. The average Bonchev–Trinajstić information content (AvgIpc) is 3.33. The lowest BCUT2D eigenvalue weighted by atomic mass is 10.1. The van der Waals surface area contributed by atoms with Crippen molar-refractivity contribution >= 4 is 39.6 Å². The van der Waals surface area contributed by atoms with Crippen LogP contribution in [0, 0.1) is 0 Å². The Morgan fingerprint density at radius 2 is 1.61 bits per heavy atom. The normalized spacial score (nSPS) is 13.4. The molecule has 0 atom stereocenters. The number of tetrazole rings is 1. The van der Waals surface area contributed by atoms with Crippen LogP contribution in [0.15, 0.2) is 85.2 Å². The highest BCUT2D eigenvalue weighted by Crippen LogP contribution is 2.40. The molecule has 1 N–H and O–H groups in total. The molecule has 2 aromatic heterocycles. The van der Waals surface area contributed by atoms with Gasteiger partial charge in [0.15, 0.2) is 5.82 Å². The highest BCUT2D eigenvalue weighted by molar-refractivity contribution is 6.21. The molecule has 6 rings (SSSR count). The molecule has 9 heteroatoms. The maximum atomic E-state index is 13.1. The van der Waals surface area contributed by atoms with Gasteiger partial charge >= 0.3 is 0 Å². The lowest BCUT2D eigenvalue weighted by Gasteiger charge is -2.23. The summed E-state index contributed by atoms with van der Waals surface area (Å²) in [7, 11) is 0. The first-order chi connectivity index (χ1) is 17.7. The van der Waals surface area contributed by atoms with Gasteiger partial charge in [-0.3, -0.25) is 19.5 Å². The molecule has 2 amide bonds. The molecule has 0 spiro atoms. The van der Waals surface area contributed by atoms with Gasteiger partial charge in [-0.15, -0.1) is 5.10 Å². The summed E-state index contributed by atoms with van der Waals surface area (Å²) in [6.45, 7) is 0. The largest absolute Gasteiger partial charge is 0.323 e. The summed E-state index contributed by atoms with van der Waals surface area (Å²) in [5.41, 5.74) is 3.86. The number of carbonyl (C=O) groups is 2. The molecule has 1 aliphatic rings. The zero-order valence-corrected chi connectivity index (χ0v) is 19.2. The summed E-state index contributed by atoms with van der Waals surface area (Å²) in [6, 6.07) is 23.0. The van der Waals surface area contributed by atoms with E-state index < -0.39 is 0 Å². The average molecular weight is 476 g/mol. The molecule has 0 aliphatic carbocycles. The van der Waals surface area contributed by atoms with E-state index in [1.165, 1.54) is 0 Å². The molecule has 9 nitrogen and oxygen atoms in total. The predicted molar refractivity (Wildman–Crippen MR) is 135 cm³/mol. The molecule has 3 aromatic carbocycles. The van der Waals surface area contributed by atoms with E-state index in [0.717, 1.165) is 34.3 Å². The van der Waals surface area contributed by atoms with Crippen LogP contribution in [-0.4, -0.2) is 37.0 Å². The highest BCUT2D eigenvalue weighted by Gasteiger charge is 2.28. The third kappa shape index (κ3) is 3.96. The molecular weight excluding hydrogens is 454 g/mol. The van der Waals surface area contributed by atoms with E-state index in [9.17, 15) is 9.59 Å². The number of carbonyl (C=O) groups excluding carboxylic acids is 2.